The van der Waals surface area contributed by atoms with Crippen molar-refractivity contribution in [2.24, 2.45) is 5.41 Å². The van der Waals surface area contributed by atoms with Gasteiger partial charge in [0, 0.05) is 30.1 Å². The van der Waals surface area contributed by atoms with Gasteiger partial charge in [0.15, 0.2) is 5.82 Å². The molecular formula is C28H27ClN4O2. The Morgan fingerprint density at radius 1 is 0.943 bits per heavy atom. The van der Waals surface area contributed by atoms with E-state index < -0.39 is 11.1 Å². The van der Waals surface area contributed by atoms with Crippen molar-refractivity contribution in [1.82, 2.24) is 19.9 Å². The summed E-state index contributed by atoms with van der Waals surface area (Å²) < 4.78 is 0. The number of nitrogens with zero attached hydrogens (tertiary/aromatic N) is 3. The maximum Gasteiger partial charge on any atom is 0.348 e. The predicted octanol–water partition coefficient (Wildman–Crippen LogP) is 5.38. The van der Waals surface area contributed by atoms with Crippen LogP contribution in [0.25, 0.3) is 22.8 Å². The lowest BCUT2D eigenvalue weighted by molar-refractivity contribution is -0.139. The number of rotatable bonds is 7. The summed E-state index contributed by atoms with van der Waals surface area (Å²) in [5.74, 6) is 0.689. The highest BCUT2D eigenvalue weighted by molar-refractivity contribution is 6.33. The number of benzene rings is 3. The Morgan fingerprint density at radius 3 is 2.29 bits per heavy atom. The molecule has 0 fully saturated rings. The molecule has 0 aliphatic rings. The smallest absolute Gasteiger partial charge is 0.341 e. The van der Waals surface area contributed by atoms with Crippen molar-refractivity contribution in [3.8, 4) is 22.8 Å². The zero-order valence-electron chi connectivity index (χ0n) is 20.0. The van der Waals surface area contributed by atoms with E-state index in [2.05, 4.69) is 15.0 Å². The quantitative estimate of drug-likeness (QED) is 0.380. The zero-order valence-corrected chi connectivity index (χ0v) is 20.7. The van der Waals surface area contributed by atoms with E-state index in [-0.39, 0.29) is 5.91 Å². The molecule has 0 atom stereocenters. The minimum atomic E-state index is -0.562. The monoisotopic (exact) mass is 486 g/mol. The number of amides is 1. The molecule has 1 aromatic heterocycles. The fraction of sp³-hybridized carbons (Fsp3) is 0.214. The van der Waals surface area contributed by atoms with Crippen molar-refractivity contribution in [2.75, 3.05) is 7.05 Å². The molecule has 0 bridgehead atoms. The molecule has 1 N–H and O–H groups in total. The Balaban J connectivity index is 1.58. The van der Waals surface area contributed by atoms with Crippen LogP contribution in [-0.4, -0.2) is 32.8 Å². The molecule has 0 unspecified atom stereocenters. The summed E-state index contributed by atoms with van der Waals surface area (Å²) in [5, 5.41) is 0.445. The lowest BCUT2D eigenvalue weighted by Crippen LogP contribution is -2.39. The molecule has 178 valence electrons. The first-order valence-electron chi connectivity index (χ1n) is 11.3. The van der Waals surface area contributed by atoms with Crippen LogP contribution >= 0.6 is 11.6 Å². The molecule has 1 heterocycles. The van der Waals surface area contributed by atoms with Gasteiger partial charge in [0.2, 0.25) is 5.91 Å². The van der Waals surface area contributed by atoms with Crippen molar-refractivity contribution in [3.63, 3.8) is 0 Å². The van der Waals surface area contributed by atoms with Gasteiger partial charge < -0.3 is 4.90 Å². The number of aromatic amines is 1. The van der Waals surface area contributed by atoms with Gasteiger partial charge in [0.05, 0.1) is 5.02 Å². The molecule has 4 rings (SSSR count). The Bertz CT molecular complexity index is 1390. The van der Waals surface area contributed by atoms with E-state index in [1.165, 1.54) is 0 Å². The van der Waals surface area contributed by atoms with Gasteiger partial charge in [-0.25, -0.2) is 9.78 Å². The maximum absolute atomic E-state index is 13.3. The van der Waals surface area contributed by atoms with E-state index in [0.717, 1.165) is 16.7 Å². The molecule has 3 aromatic carbocycles. The van der Waals surface area contributed by atoms with Crippen molar-refractivity contribution in [3.05, 3.63) is 105 Å². The number of nitrogens with one attached hydrogen (secondary N) is 1. The van der Waals surface area contributed by atoms with Gasteiger partial charge in [-0.15, -0.1) is 0 Å². The highest BCUT2D eigenvalue weighted by Crippen LogP contribution is 2.29. The van der Waals surface area contributed by atoms with E-state index in [0.29, 0.717) is 35.2 Å². The molecular weight excluding hydrogens is 460 g/mol. The third-order valence-corrected chi connectivity index (χ3v) is 6.13. The van der Waals surface area contributed by atoms with Crippen LogP contribution < -0.4 is 5.69 Å². The van der Waals surface area contributed by atoms with Gasteiger partial charge in [0.1, 0.15) is 5.82 Å². The fourth-order valence-corrected chi connectivity index (χ4v) is 4.33. The van der Waals surface area contributed by atoms with Gasteiger partial charge in [-0.05, 0) is 29.7 Å². The lowest BCUT2D eigenvalue weighted by Gasteiger charge is -2.29. The number of halogens is 1. The van der Waals surface area contributed by atoms with Crippen LogP contribution in [0.15, 0.2) is 83.7 Å². The van der Waals surface area contributed by atoms with Gasteiger partial charge in [-0.1, -0.05) is 92.2 Å². The Kier molecular flexibility index (Phi) is 7.12. The van der Waals surface area contributed by atoms with Gasteiger partial charge in [-0.3, -0.25) is 9.78 Å². The molecule has 0 saturated carbocycles. The van der Waals surface area contributed by atoms with Gasteiger partial charge >= 0.3 is 5.69 Å². The topological polar surface area (TPSA) is 79.0 Å². The second-order valence-corrected chi connectivity index (χ2v) is 9.62. The van der Waals surface area contributed by atoms with Crippen molar-refractivity contribution >= 4 is 17.5 Å². The summed E-state index contributed by atoms with van der Waals surface area (Å²) >= 11 is 6.48. The van der Waals surface area contributed by atoms with E-state index >= 15 is 0 Å². The lowest BCUT2D eigenvalue weighted by atomic mass is 9.84. The molecule has 4 aromatic rings. The average molecular weight is 487 g/mol. The first-order valence-corrected chi connectivity index (χ1v) is 11.7. The van der Waals surface area contributed by atoms with E-state index in [1.54, 1.807) is 18.0 Å². The van der Waals surface area contributed by atoms with Crippen LogP contribution in [-0.2, 0) is 17.8 Å². The minimum absolute atomic E-state index is 0.0414. The normalized spacial score (nSPS) is 11.3. The Hall–Kier alpha value is -3.77. The Morgan fingerprint density at radius 2 is 1.60 bits per heavy atom. The summed E-state index contributed by atoms with van der Waals surface area (Å²) in [6.07, 6.45) is 0.646. The number of aromatic nitrogens is 3. The molecule has 0 spiro atoms. The first-order chi connectivity index (χ1) is 16.7. The summed E-state index contributed by atoms with van der Waals surface area (Å²) in [4.78, 5) is 38.5. The Labute approximate surface area is 209 Å². The fourth-order valence-electron chi connectivity index (χ4n) is 4.12. The standard InChI is InChI=1S/C28H27ClN4O2/c1-28(2,17-19-10-6-4-7-11-19)26(34)33(3)18-20-14-15-23(29)22(16-20)25-30-24(31-27(35)32-25)21-12-8-5-9-13-21/h4-16H,17-18H2,1-3H3,(H,30,31,32,35). The molecule has 7 heteroatoms. The average Bonchev–Trinajstić information content (AvgIpc) is 2.85. The van der Waals surface area contributed by atoms with Crippen molar-refractivity contribution < 1.29 is 4.79 Å². The van der Waals surface area contributed by atoms with Crippen LogP contribution in [0.3, 0.4) is 0 Å². The van der Waals surface area contributed by atoms with Crippen LogP contribution in [0.1, 0.15) is 25.0 Å². The van der Waals surface area contributed by atoms with E-state index in [9.17, 15) is 9.59 Å². The first kappa shape index (κ1) is 24.4. The predicted molar refractivity (Wildman–Crippen MR) is 139 cm³/mol. The summed E-state index contributed by atoms with van der Waals surface area (Å²) in [7, 11) is 1.80. The highest BCUT2D eigenvalue weighted by Gasteiger charge is 2.30. The third-order valence-electron chi connectivity index (χ3n) is 5.80. The van der Waals surface area contributed by atoms with Crippen molar-refractivity contribution in [2.45, 2.75) is 26.8 Å². The van der Waals surface area contributed by atoms with Crippen LogP contribution in [0.2, 0.25) is 5.02 Å². The molecule has 6 nitrogen and oxygen atoms in total. The number of hydrogen-bond acceptors (Lipinski definition) is 4. The molecule has 1 amide bonds. The second kappa shape index (κ2) is 10.2. The molecule has 35 heavy (non-hydrogen) atoms. The third kappa shape index (κ3) is 5.84. The van der Waals surface area contributed by atoms with Gasteiger partial charge in [-0.2, -0.15) is 4.98 Å². The van der Waals surface area contributed by atoms with Crippen LogP contribution in [0.5, 0.6) is 0 Å². The second-order valence-electron chi connectivity index (χ2n) is 9.21. The zero-order chi connectivity index (χ0) is 25.0. The van der Waals surface area contributed by atoms with E-state index in [4.69, 9.17) is 11.6 Å². The van der Waals surface area contributed by atoms with Crippen molar-refractivity contribution in [1.29, 1.82) is 0 Å². The molecule has 0 radical (unpaired) electrons. The highest BCUT2D eigenvalue weighted by atomic mass is 35.5. The number of H-pyrrole nitrogens is 1. The van der Waals surface area contributed by atoms with E-state index in [1.807, 2.05) is 86.6 Å². The largest absolute Gasteiger partial charge is 0.348 e. The molecule has 0 aliphatic heterocycles. The van der Waals surface area contributed by atoms with Crippen LogP contribution in [0, 0.1) is 5.41 Å². The minimum Gasteiger partial charge on any atom is -0.341 e. The van der Waals surface area contributed by atoms with Gasteiger partial charge in [0.25, 0.3) is 0 Å². The summed E-state index contributed by atoms with van der Waals surface area (Å²) in [5.41, 5.74) is 2.23. The molecule has 0 saturated heterocycles. The molecule has 0 aliphatic carbocycles. The number of carbonyl (C=O) groups is 1. The summed E-state index contributed by atoms with van der Waals surface area (Å²) in [6, 6.07) is 24.8. The number of hydrogen-bond donors (Lipinski definition) is 1. The number of carbonyl (C=O) groups excluding carboxylic acids is 1. The SMILES string of the molecule is CN(Cc1ccc(Cl)c(-c2nc(-c3ccccc3)nc(=O)[nH]2)c1)C(=O)C(C)(C)Cc1ccccc1. The summed E-state index contributed by atoms with van der Waals surface area (Å²) in [6.45, 7) is 4.31. The maximum atomic E-state index is 13.3. The van der Waals surface area contributed by atoms with Crippen LogP contribution in [0.4, 0.5) is 0 Å².